The predicted octanol–water partition coefficient (Wildman–Crippen LogP) is -1.97. The van der Waals surface area contributed by atoms with Gasteiger partial charge in [0.2, 0.25) is 0 Å². The topological polar surface area (TPSA) is 145 Å². The Morgan fingerprint density at radius 1 is 1.00 bits per heavy atom. The van der Waals surface area contributed by atoms with Gasteiger partial charge in [0.05, 0.1) is 0 Å². The van der Waals surface area contributed by atoms with Crippen LogP contribution in [-0.4, -0.2) is 87.2 Å². The molecule has 5 N–H and O–H groups in total. The van der Waals surface area contributed by atoms with E-state index in [4.69, 9.17) is 14.9 Å². The van der Waals surface area contributed by atoms with Gasteiger partial charge in [0, 0.05) is 0 Å². The molecule has 8 nitrogen and oxygen atoms in total. The van der Waals surface area contributed by atoms with E-state index in [0.29, 0.717) is 0 Å². The number of carbonyl (C=O) groups is 2. The molecule has 1 aliphatic rings. The number of hydrogen-bond acceptors (Lipinski definition) is 7. The number of carbonyl (C=O) groups excluding carboxylic acids is 1. The first-order valence-corrected chi connectivity index (χ1v) is 8.54. The van der Waals surface area contributed by atoms with E-state index in [1.807, 2.05) is 0 Å². The molecule has 1 aromatic carbocycles. The van der Waals surface area contributed by atoms with Crippen molar-refractivity contribution in [2.75, 3.05) is 6.61 Å². The van der Waals surface area contributed by atoms with Gasteiger partial charge < -0.3 is 0 Å². The van der Waals surface area contributed by atoms with Crippen molar-refractivity contribution < 1.29 is 39.9 Å². The third-order valence-corrected chi connectivity index (χ3v) is 5.69. The number of rotatable bonds is 5. The van der Waals surface area contributed by atoms with E-state index in [0.717, 1.165) is 0 Å². The summed E-state index contributed by atoms with van der Waals surface area (Å²) in [7, 11) is 0. The summed E-state index contributed by atoms with van der Waals surface area (Å²) < 4.78 is 4.93. The Hall–Kier alpha value is -1.32. The molecule has 0 saturated carbocycles. The molecule has 0 spiro atoms. The molecule has 5 unspecified atom stereocenters. The van der Waals surface area contributed by atoms with Crippen LogP contribution >= 0.6 is 0 Å². The Labute approximate surface area is 137 Å². The number of ether oxygens (including phenoxy) is 1. The Morgan fingerprint density at radius 3 is 2.09 bits per heavy atom. The van der Waals surface area contributed by atoms with Gasteiger partial charge in [0.1, 0.15) is 0 Å². The number of carboxylic acid groups (broad SMARTS) is 1. The summed E-state index contributed by atoms with van der Waals surface area (Å²) in [5.74, 6) is -1.11. The number of aromatic carboxylic acids is 1. The molecule has 23 heavy (non-hydrogen) atoms. The Balaban J connectivity index is 2.08. The van der Waals surface area contributed by atoms with Crippen LogP contribution in [0.5, 0.6) is 0 Å². The van der Waals surface area contributed by atoms with E-state index in [1.54, 1.807) is 0 Å². The maximum absolute atomic E-state index is 12.2. The molecule has 1 aliphatic heterocycles. The summed E-state index contributed by atoms with van der Waals surface area (Å²) in [6.45, 7) is -0.557. The molecule has 0 amide bonds. The average molecular weight is 391 g/mol. The van der Waals surface area contributed by atoms with E-state index in [-0.39, 0.29) is 15.8 Å². The minimum absolute atomic E-state index is 0.0434. The van der Waals surface area contributed by atoms with Gasteiger partial charge in [-0.15, -0.1) is 0 Å². The van der Waals surface area contributed by atoms with Crippen LogP contribution in [0.25, 0.3) is 0 Å². The van der Waals surface area contributed by atoms with Crippen molar-refractivity contribution >= 4 is 25.6 Å². The predicted molar refractivity (Wildman–Crippen MR) is 77.3 cm³/mol. The fraction of sp³-hybridized carbons (Fsp3) is 0.429. The zero-order valence-corrected chi connectivity index (χ0v) is 13.5. The van der Waals surface area contributed by atoms with Gasteiger partial charge in [-0.2, -0.15) is 0 Å². The van der Waals surface area contributed by atoms with Crippen molar-refractivity contribution in [3.8, 4) is 0 Å². The molecule has 0 aliphatic carbocycles. The summed E-state index contributed by atoms with van der Waals surface area (Å²) in [5, 5.41) is 46.2. The second-order valence-corrected chi connectivity index (χ2v) is 7.23. The van der Waals surface area contributed by atoms with Gasteiger partial charge in [-0.05, 0) is 0 Å². The molecule has 0 radical (unpaired) electrons. The normalized spacial score (nSPS) is 30.9. The van der Waals surface area contributed by atoms with E-state index in [1.165, 1.54) is 24.3 Å². The Kier molecular flexibility index (Phi) is 5.88. The first kappa shape index (κ1) is 18.0. The van der Waals surface area contributed by atoms with E-state index < -0.39 is 57.0 Å². The van der Waals surface area contributed by atoms with Gasteiger partial charge >= 0.3 is 137 Å². The SMILES string of the molecule is O=C(O)c1ccc(C(=O)[Se]C2OC(CO)C(O)C(O)C2O)cc1. The van der Waals surface area contributed by atoms with Crippen molar-refractivity contribution in [2.24, 2.45) is 0 Å². The van der Waals surface area contributed by atoms with E-state index in [2.05, 4.69) is 0 Å². The monoisotopic (exact) mass is 392 g/mol. The third-order valence-electron chi connectivity index (χ3n) is 3.44. The van der Waals surface area contributed by atoms with Gasteiger partial charge in [0.25, 0.3) is 0 Å². The minimum atomic E-state index is -1.52. The van der Waals surface area contributed by atoms with Gasteiger partial charge in [-0.1, -0.05) is 0 Å². The van der Waals surface area contributed by atoms with E-state index >= 15 is 0 Å². The van der Waals surface area contributed by atoms with Crippen LogP contribution in [0.4, 0.5) is 0 Å². The standard InChI is InChI=1S/C14H16O8Se/c15-5-8-9(16)10(17)11(18)14(22-8)23-13(21)7-3-1-6(2-4-7)12(19)20/h1-4,8-11,14-18H,5H2,(H,19,20). The molecule has 1 aromatic rings. The molecule has 1 saturated heterocycles. The number of aliphatic hydroxyl groups excluding tert-OH is 4. The molecule has 1 heterocycles. The average Bonchev–Trinajstić information content (AvgIpc) is 2.55. The van der Waals surface area contributed by atoms with Crippen molar-refractivity contribution in [1.29, 1.82) is 0 Å². The zero-order chi connectivity index (χ0) is 17.1. The molecular weight excluding hydrogens is 375 g/mol. The van der Waals surface area contributed by atoms with Crippen LogP contribution in [0.1, 0.15) is 20.7 Å². The number of benzene rings is 1. The maximum atomic E-state index is 12.2. The van der Waals surface area contributed by atoms with Crippen LogP contribution in [0.3, 0.4) is 0 Å². The van der Waals surface area contributed by atoms with Crippen LogP contribution in [0, 0.1) is 0 Å². The molecule has 5 atom stereocenters. The quantitative estimate of drug-likeness (QED) is 0.364. The Morgan fingerprint density at radius 2 is 1.57 bits per heavy atom. The summed E-state index contributed by atoms with van der Waals surface area (Å²) in [6, 6.07) is 5.30. The number of carboxylic acids is 1. The summed E-state index contributed by atoms with van der Waals surface area (Å²) in [5.41, 5.74) is 0.300. The van der Waals surface area contributed by atoms with Crippen molar-refractivity contribution in [1.82, 2.24) is 0 Å². The summed E-state index contributed by atoms with van der Waals surface area (Å²) in [4.78, 5) is 23.0. The molecule has 126 valence electrons. The molecule has 0 bridgehead atoms. The van der Waals surface area contributed by atoms with Gasteiger partial charge in [0.15, 0.2) is 0 Å². The van der Waals surface area contributed by atoms with Crippen LogP contribution in [-0.2, 0) is 4.74 Å². The van der Waals surface area contributed by atoms with Crippen LogP contribution in [0.2, 0.25) is 0 Å². The fourth-order valence-electron chi connectivity index (χ4n) is 2.09. The third kappa shape index (κ3) is 3.96. The molecule has 9 heteroatoms. The molecule has 1 fully saturated rings. The number of aliphatic hydroxyl groups is 4. The number of hydrogen-bond donors (Lipinski definition) is 5. The second-order valence-electron chi connectivity index (χ2n) is 4.99. The first-order chi connectivity index (χ1) is 10.8. The zero-order valence-electron chi connectivity index (χ0n) is 11.8. The molecular formula is C14H16O8Se. The van der Waals surface area contributed by atoms with Gasteiger partial charge in [-0.25, -0.2) is 0 Å². The van der Waals surface area contributed by atoms with Crippen molar-refractivity contribution in [2.45, 2.75) is 29.4 Å². The molecule has 2 rings (SSSR count). The fourth-order valence-corrected chi connectivity index (χ4v) is 4.15. The van der Waals surface area contributed by atoms with Crippen LogP contribution in [0.15, 0.2) is 24.3 Å². The van der Waals surface area contributed by atoms with Crippen molar-refractivity contribution in [3.05, 3.63) is 35.4 Å². The van der Waals surface area contributed by atoms with Gasteiger partial charge in [-0.3, -0.25) is 0 Å². The van der Waals surface area contributed by atoms with Crippen LogP contribution < -0.4 is 0 Å². The van der Waals surface area contributed by atoms with E-state index in [9.17, 15) is 24.9 Å². The first-order valence-electron chi connectivity index (χ1n) is 6.70. The second kappa shape index (κ2) is 7.50. The summed E-state index contributed by atoms with van der Waals surface area (Å²) in [6.07, 6.45) is -5.49. The summed E-state index contributed by atoms with van der Waals surface area (Å²) >= 11 is -0.932. The molecule has 0 aromatic heterocycles. The Bertz CT molecular complexity index is 573. The van der Waals surface area contributed by atoms with Crippen molar-refractivity contribution in [3.63, 3.8) is 0 Å².